The van der Waals surface area contributed by atoms with Gasteiger partial charge in [0.25, 0.3) is 5.91 Å². The lowest BCUT2D eigenvalue weighted by Gasteiger charge is -2.13. The van der Waals surface area contributed by atoms with Gasteiger partial charge in [-0.3, -0.25) is 9.89 Å². The van der Waals surface area contributed by atoms with Crippen LogP contribution < -0.4 is 10.6 Å². The van der Waals surface area contributed by atoms with E-state index in [0.717, 1.165) is 24.2 Å². The molecule has 3 N–H and O–H groups in total. The van der Waals surface area contributed by atoms with Crippen LogP contribution in [-0.4, -0.2) is 36.3 Å². The lowest BCUT2D eigenvalue weighted by molar-refractivity contribution is 0.102. The van der Waals surface area contributed by atoms with Gasteiger partial charge in [-0.05, 0) is 31.5 Å². The van der Waals surface area contributed by atoms with Crippen molar-refractivity contribution in [3.05, 3.63) is 46.8 Å². The second-order valence-electron chi connectivity index (χ2n) is 6.47. The maximum absolute atomic E-state index is 12.5. The maximum Gasteiger partial charge on any atom is 0.276 e. The van der Waals surface area contributed by atoms with Crippen LogP contribution in [0.25, 0.3) is 0 Å². The van der Waals surface area contributed by atoms with Crippen LogP contribution in [-0.2, 0) is 28.6 Å². The number of anilines is 1. The van der Waals surface area contributed by atoms with E-state index in [1.54, 1.807) is 38.1 Å². The van der Waals surface area contributed by atoms with Crippen LogP contribution in [0.3, 0.4) is 0 Å². The molecule has 2 heterocycles. The molecule has 1 aliphatic heterocycles. The van der Waals surface area contributed by atoms with E-state index in [1.807, 2.05) is 0 Å². The van der Waals surface area contributed by atoms with Crippen molar-refractivity contribution in [2.45, 2.75) is 37.8 Å². The van der Waals surface area contributed by atoms with Gasteiger partial charge in [0.1, 0.15) is 0 Å². The highest BCUT2D eigenvalue weighted by Gasteiger charge is 2.22. The normalized spacial score (nSPS) is 14.4. The molecular formula is C17H22N4O3S. The first-order valence-electron chi connectivity index (χ1n) is 8.25. The predicted molar refractivity (Wildman–Crippen MR) is 96.2 cm³/mol. The van der Waals surface area contributed by atoms with Gasteiger partial charge in [-0.15, -0.1) is 0 Å². The van der Waals surface area contributed by atoms with Crippen LogP contribution in [0.2, 0.25) is 0 Å². The molecule has 0 saturated carbocycles. The van der Waals surface area contributed by atoms with Crippen LogP contribution in [0.5, 0.6) is 0 Å². The Labute approximate surface area is 147 Å². The Balaban J connectivity index is 1.76. The molecule has 0 saturated heterocycles. The van der Waals surface area contributed by atoms with E-state index >= 15 is 0 Å². The number of benzene rings is 1. The zero-order chi connectivity index (χ0) is 18.0. The summed E-state index contributed by atoms with van der Waals surface area (Å²) in [7, 11) is -3.19. The molecule has 1 amide bonds. The summed E-state index contributed by atoms with van der Waals surface area (Å²) < 4.78 is 24.1. The number of aromatic nitrogens is 2. The van der Waals surface area contributed by atoms with Gasteiger partial charge in [0.2, 0.25) is 0 Å². The number of carbonyl (C=O) groups is 1. The second kappa shape index (κ2) is 6.97. The van der Waals surface area contributed by atoms with Crippen LogP contribution in [0, 0.1) is 0 Å². The van der Waals surface area contributed by atoms with E-state index in [9.17, 15) is 13.2 Å². The summed E-state index contributed by atoms with van der Waals surface area (Å²) in [4.78, 5) is 12.5. The lowest BCUT2D eigenvalue weighted by atomic mass is 10.1. The van der Waals surface area contributed by atoms with E-state index in [4.69, 9.17) is 0 Å². The van der Waals surface area contributed by atoms with Crippen molar-refractivity contribution in [1.82, 2.24) is 15.5 Å². The monoisotopic (exact) mass is 362 g/mol. The average Bonchev–Trinajstić information content (AvgIpc) is 2.98. The Hall–Kier alpha value is -2.19. The van der Waals surface area contributed by atoms with Crippen LogP contribution >= 0.6 is 0 Å². The molecule has 0 aliphatic carbocycles. The summed E-state index contributed by atoms with van der Waals surface area (Å²) in [6, 6.07) is 6.91. The molecule has 0 spiro atoms. The molecule has 0 fully saturated rings. The topological polar surface area (TPSA) is 104 Å². The minimum Gasteiger partial charge on any atom is -0.321 e. The molecule has 0 atom stereocenters. The van der Waals surface area contributed by atoms with E-state index < -0.39 is 15.1 Å². The van der Waals surface area contributed by atoms with Gasteiger partial charge in [-0.1, -0.05) is 12.1 Å². The van der Waals surface area contributed by atoms with Crippen LogP contribution in [0.15, 0.2) is 24.3 Å². The molecular weight excluding hydrogens is 340 g/mol. The number of nitrogens with zero attached hydrogens (tertiary/aromatic N) is 1. The number of carbonyl (C=O) groups excluding carboxylic acids is 1. The fourth-order valence-electron chi connectivity index (χ4n) is 2.74. The Bertz CT molecular complexity index is 887. The van der Waals surface area contributed by atoms with Crippen molar-refractivity contribution >= 4 is 21.4 Å². The van der Waals surface area contributed by atoms with Gasteiger partial charge in [-0.2, -0.15) is 5.10 Å². The van der Waals surface area contributed by atoms with Crippen LogP contribution in [0.1, 0.15) is 41.2 Å². The summed E-state index contributed by atoms with van der Waals surface area (Å²) in [5.41, 5.74) is 3.46. The first-order valence-corrected chi connectivity index (χ1v) is 9.97. The van der Waals surface area contributed by atoms with Crippen LogP contribution in [0.4, 0.5) is 5.69 Å². The maximum atomic E-state index is 12.5. The highest BCUT2D eigenvalue weighted by atomic mass is 32.2. The number of amides is 1. The predicted octanol–water partition coefficient (Wildman–Crippen LogP) is 1.63. The molecule has 0 unspecified atom stereocenters. The number of rotatable bonds is 5. The Morgan fingerprint density at radius 2 is 2.16 bits per heavy atom. The van der Waals surface area contributed by atoms with Gasteiger partial charge in [0, 0.05) is 36.5 Å². The van der Waals surface area contributed by atoms with Gasteiger partial charge in [0.05, 0.1) is 11.0 Å². The van der Waals surface area contributed by atoms with Crippen molar-refractivity contribution < 1.29 is 13.2 Å². The molecule has 25 heavy (non-hydrogen) atoms. The molecule has 3 rings (SSSR count). The Morgan fingerprint density at radius 3 is 2.92 bits per heavy atom. The van der Waals surface area contributed by atoms with Gasteiger partial charge in [0.15, 0.2) is 15.5 Å². The van der Waals surface area contributed by atoms with E-state index in [1.165, 1.54) is 0 Å². The standard InChI is InChI=1S/C17H22N4O3S/c1-11(2)25(23,24)10-12-4-3-5-13(8-12)19-17(22)16-14-9-18-7-6-15(14)20-21-16/h3-5,8,11,18H,6-7,9-10H2,1-2H3,(H,19,22)(H,20,21). The SMILES string of the molecule is CC(C)S(=O)(=O)Cc1cccc(NC(=O)c2n[nH]c3c2CNCC3)c1. The molecule has 2 aromatic rings. The van der Waals surface area contributed by atoms with Gasteiger partial charge >= 0.3 is 0 Å². The fourth-order valence-corrected chi connectivity index (χ4v) is 3.72. The molecule has 8 heteroatoms. The molecule has 0 bridgehead atoms. The van der Waals surface area contributed by atoms with E-state index in [2.05, 4.69) is 20.8 Å². The molecule has 1 aromatic heterocycles. The minimum absolute atomic E-state index is 0.0455. The summed E-state index contributed by atoms with van der Waals surface area (Å²) >= 11 is 0. The number of aromatic amines is 1. The summed E-state index contributed by atoms with van der Waals surface area (Å²) in [6.07, 6.45) is 0.818. The van der Waals surface area contributed by atoms with Crippen molar-refractivity contribution in [3.63, 3.8) is 0 Å². The quantitative estimate of drug-likeness (QED) is 0.750. The highest BCUT2D eigenvalue weighted by Crippen LogP contribution is 2.19. The average molecular weight is 362 g/mol. The third-order valence-corrected chi connectivity index (χ3v) is 6.46. The van der Waals surface area contributed by atoms with Gasteiger partial charge in [-0.25, -0.2) is 8.42 Å². The number of nitrogens with one attached hydrogen (secondary N) is 3. The first kappa shape index (κ1) is 17.6. The molecule has 134 valence electrons. The Morgan fingerprint density at radius 1 is 1.36 bits per heavy atom. The Kier molecular flexibility index (Phi) is 4.91. The van der Waals surface area contributed by atoms with Crippen molar-refractivity contribution in [2.75, 3.05) is 11.9 Å². The lowest BCUT2D eigenvalue weighted by Crippen LogP contribution is -2.25. The molecule has 1 aromatic carbocycles. The number of hydrogen-bond donors (Lipinski definition) is 3. The molecule has 7 nitrogen and oxygen atoms in total. The molecule has 0 radical (unpaired) electrons. The summed E-state index contributed by atoms with van der Waals surface area (Å²) in [5.74, 6) is -0.346. The number of fused-ring (bicyclic) bond motifs is 1. The highest BCUT2D eigenvalue weighted by molar-refractivity contribution is 7.91. The third-order valence-electron chi connectivity index (χ3n) is 4.29. The number of sulfone groups is 1. The van der Waals surface area contributed by atoms with E-state index in [0.29, 0.717) is 23.5 Å². The van der Waals surface area contributed by atoms with Gasteiger partial charge < -0.3 is 10.6 Å². The minimum atomic E-state index is -3.19. The zero-order valence-corrected chi connectivity index (χ0v) is 15.1. The van der Waals surface area contributed by atoms with Crippen molar-refractivity contribution in [2.24, 2.45) is 0 Å². The zero-order valence-electron chi connectivity index (χ0n) is 14.3. The van der Waals surface area contributed by atoms with Crippen molar-refractivity contribution in [3.8, 4) is 0 Å². The summed E-state index contributed by atoms with van der Waals surface area (Å²) in [6.45, 7) is 4.80. The summed E-state index contributed by atoms with van der Waals surface area (Å²) in [5, 5.41) is 12.6. The molecule has 1 aliphatic rings. The van der Waals surface area contributed by atoms with E-state index in [-0.39, 0.29) is 11.7 Å². The fraction of sp³-hybridized carbons (Fsp3) is 0.412. The first-order chi connectivity index (χ1) is 11.9. The largest absolute Gasteiger partial charge is 0.321 e. The smallest absolute Gasteiger partial charge is 0.276 e. The third kappa shape index (κ3) is 3.91. The number of hydrogen-bond acceptors (Lipinski definition) is 5. The number of H-pyrrole nitrogens is 1. The second-order valence-corrected chi connectivity index (χ2v) is 9.02. The van der Waals surface area contributed by atoms with Crippen molar-refractivity contribution in [1.29, 1.82) is 0 Å².